The summed E-state index contributed by atoms with van der Waals surface area (Å²) in [6, 6.07) is 0.155. The maximum absolute atomic E-state index is 13.7. The molecule has 1 rings (SSSR count). The van der Waals surface area contributed by atoms with E-state index in [4.69, 9.17) is 4.74 Å². The first kappa shape index (κ1) is 17.1. The third kappa shape index (κ3) is 7.03. The number of alkyl halides is 2. The maximum atomic E-state index is 13.7. The average Bonchev–Trinajstić information content (AvgIpc) is 3.09. The average molecular weight is 292 g/mol. The molecule has 1 amide bonds. The van der Waals surface area contributed by atoms with Crippen LogP contribution in [0.3, 0.4) is 0 Å². The van der Waals surface area contributed by atoms with Crippen LogP contribution in [-0.2, 0) is 4.74 Å². The van der Waals surface area contributed by atoms with Gasteiger partial charge in [-0.3, -0.25) is 0 Å². The highest BCUT2D eigenvalue weighted by Crippen LogP contribution is 2.34. The van der Waals surface area contributed by atoms with Crippen molar-refractivity contribution in [1.29, 1.82) is 0 Å². The molecule has 1 unspecified atom stereocenters. The zero-order valence-electron chi connectivity index (χ0n) is 12.8. The van der Waals surface area contributed by atoms with Crippen molar-refractivity contribution in [3.05, 3.63) is 0 Å². The zero-order chi connectivity index (χ0) is 15.4. The Kier molecular flexibility index (Phi) is 5.74. The molecule has 1 aliphatic rings. The first-order chi connectivity index (χ1) is 9.13. The summed E-state index contributed by atoms with van der Waals surface area (Å²) in [6.07, 6.45) is 2.27. The first-order valence-corrected chi connectivity index (χ1v) is 7.21. The first-order valence-electron chi connectivity index (χ1n) is 7.21. The van der Waals surface area contributed by atoms with Gasteiger partial charge in [-0.15, -0.1) is 0 Å². The summed E-state index contributed by atoms with van der Waals surface area (Å²) in [6.45, 7) is 5.93. The van der Waals surface area contributed by atoms with E-state index in [1.54, 1.807) is 20.8 Å². The molecule has 1 atom stereocenters. The quantitative estimate of drug-likeness (QED) is 0.758. The third-order valence-electron chi connectivity index (χ3n) is 3.14. The highest BCUT2D eigenvalue weighted by atomic mass is 19.3. The second kappa shape index (κ2) is 6.70. The summed E-state index contributed by atoms with van der Waals surface area (Å²) in [5.41, 5.74) is -0.684. The van der Waals surface area contributed by atoms with Crippen LogP contribution in [-0.4, -0.2) is 36.7 Å². The van der Waals surface area contributed by atoms with Crippen molar-refractivity contribution in [1.82, 2.24) is 10.6 Å². The lowest BCUT2D eigenvalue weighted by molar-refractivity contribution is -0.00615. The maximum Gasteiger partial charge on any atom is 0.407 e. The Morgan fingerprint density at radius 3 is 2.35 bits per heavy atom. The van der Waals surface area contributed by atoms with Crippen LogP contribution < -0.4 is 10.6 Å². The van der Waals surface area contributed by atoms with E-state index < -0.39 is 30.7 Å². The minimum Gasteiger partial charge on any atom is -0.444 e. The Balaban J connectivity index is 2.27. The molecule has 0 saturated heterocycles. The smallest absolute Gasteiger partial charge is 0.407 e. The lowest BCUT2D eigenvalue weighted by Crippen LogP contribution is -2.47. The highest BCUT2D eigenvalue weighted by molar-refractivity contribution is 5.67. The van der Waals surface area contributed by atoms with Gasteiger partial charge in [0.2, 0.25) is 0 Å². The van der Waals surface area contributed by atoms with Crippen LogP contribution >= 0.6 is 0 Å². The standard InChI is InChI=1S/C14H26F2N2O2/c1-5-11(10-6-7-10)17-8-14(15,16)9-18-12(19)20-13(2,3)4/h10-11,17H,5-9H2,1-4H3,(H,18,19). The van der Waals surface area contributed by atoms with E-state index in [1.165, 1.54) is 0 Å². The summed E-state index contributed by atoms with van der Waals surface area (Å²) in [7, 11) is 0. The summed E-state index contributed by atoms with van der Waals surface area (Å²) in [4.78, 5) is 11.3. The number of alkyl carbamates (subject to hydrolysis) is 1. The molecule has 118 valence electrons. The van der Waals surface area contributed by atoms with Gasteiger partial charge in [0.25, 0.3) is 5.92 Å². The van der Waals surface area contributed by atoms with E-state index >= 15 is 0 Å². The zero-order valence-corrected chi connectivity index (χ0v) is 12.8. The van der Waals surface area contributed by atoms with Crippen LogP contribution in [0.25, 0.3) is 0 Å². The van der Waals surface area contributed by atoms with Crippen LogP contribution in [0.2, 0.25) is 0 Å². The lowest BCUT2D eigenvalue weighted by atomic mass is 10.1. The van der Waals surface area contributed by atoms with Crippen LogP contribution in [0, 0.1) is 5.92 Å². The van der Waals surface area contributed by atoms with Gasteiger partial charge in [0, 0.05) is 6.04 Å². The predicted molar refractivity (Wildman–Crippen MR) is 74.0 cm³/mol. The predicted octanol–water partition coefficient (Wildman–Crippen LogP) is 2.92. The SMILES string of the molecule is CCC(NCC(F)(F)CNC(=O)OC(C)(C)C)C1CC1. The number of nitrogens with one attached hydrogen (secondary N) is 2. The van der Waals surface area contributed by atoms with Gasteiger partial charge >= 0.3 is 6.09 Å². The number of hydrogen-bond acceptors (Lipinski definition) is 3. The molecule has 0 aromatic heterocycles. The highest BCUT2D eigenvalue weighted by Gasteiger charge is 2.35. The Morgan fingerprint density at radius 1 is 1.30 bits per heavy atom. The van der Waals surface area contributed by atoms with E-state index in [9.17, 15) is 13.6 Å². The number of hydrogen-bond donors (Lipinski definition) is 2. The van der Waals surface area contributed by atoms with Crippen LogP contribution in [0.15, 0.2) is 0 Å². The molecule has 0 spiro atoms. The summed E-state index contributed by atoms with van der Waals surface area (Å²) in [5.74, 6) is -2.44. The Labute approximate surface area is 119 Å². The molecule has 1 saturated carbocycles. The van der Waals surface area contributed by atoms with E-state index in [1.807, 2.05) is 6.92 Å². The minimum atomic E-state index is -2.97. The van der Waals surface area contributed by atoms with Crippen molar-refractivity contribution < 1.29 is 18.3 Å². The lowest BCUT2D eigenvalue weighted by Gasteiger charge is -2.24. The van der Waals surface area contributed by atoms with Crippen LogP contribution in [0.5, 0.6) is 0 Å². The number of carbonyl (C=O) groups excluding carboxylic acids is 1. The molecule has 1 aliphatic carbocycles. The minimum absolute atomic E-state index is 0.155. The van der Waals surface area contributed by atoms with Gasteiger partial charge in [0.15, 0.2) is 0 Å². The van der Waals surface area contributed by atoms with Gasteiger partial charge in [-0.2, -0.15) is 0 Å². The topological polar surface area (TPSA) is 50.4 Å². The molecule has 1 fully saturated rings. The molecule has 0 aromatic carbocycles. The van der Waals surface area contributed by atoms with Crippen LogP contribution in [0.1, 0.15) is 47.0 Å². The molecule has 0 bridgehead atoms. The molecule has 0 aromatic rings. The monoisotopic (exact) mass is 292 g/mol. The molecule has 6 heteroatoms. The molecule has 4 nitrogen and oxygen atoms in total. The van der Waals surface area contributed by atoms with Crippen molar-refractivity contribution in [2.75, 3.05) is 13.1 Å². The van der Waals surface area contributed by atoms with Gasteiger partial charge in [-0.25, -0.2) is 13.6 Å². The van der Waals surface area contributed by atoms with E-state index in [-0.39, 0.29) is 6.04 Å². The fraction of sp³-hybridized carbons (Fsp3) is 0.929. The number of halogens is 2. The van der Waals surface area contributed by atoms with E-state index in [0.717, 1.165) is 19.3 Å². The fourth-order valence-corrected chi connectivity index (χ4v) is 2.00. The Hall–Kier alpha value is -0.910. The summed E-state index contributed by atoms with van der Waals surface area (Å²) in [5, 5.41) is 5.02. The van der Waals surface area contributed by atoms with Crippen molar-refractivity contribution >= 4 is 6.09 Å². The van der Waals surface area contributed by atoms with Crippen LogP contribution in [0.4, 0.5) is 13.6 Å². The van der Waals surface area contributed by atoms with Gasteiger partial charge in [0.1, 0.15) is 5.60 Å². The van der Waals surface area contributed by atoms with Gasteiger partial charge in [-0.1, -0.05) is 6.92 Å². The van der Waals surface area contributed by atoms with Gasteiger partial charge in [0.05, 0.1) is 13.1 Å². The van der Waals surface area contributed by atoms with E-state index in [0.29, 0.717) is 5.92 Å². The summed E-state index contributed by atoms with van der Waals surface area (Å²) >= 11 is 0. The fourth-order valence-electron chi connectivity index (χ4n) is 2.00. The van der Waals surface area contributed by atoms with Gasteiger partial charge in [-0.05, 0) is 46.0 Å². The number of carbonyl (C=O) groups is 1. The number of amides is 1. The molecule has 0 heterocycles. The molecule has 20 heavy (non-hydrogen) atoms. The molecule has 0 aliphatic heterocycles. The second-order valence-corrected chi connectivity index (χ2v) is 6.44. The molecular formula is C14H26F2N2O2. The summed E-state index contributed by atoms with van der Waals surface area (Å²) < 4.78 is 32.3. The second-order valence-electron chi connectivity index (χ2n) is 6.44. The Bertz CT molecular complexity index is 326. The molecular weight excluding hydrogens is 266 g/mol. The van der Waals surface area contributed by atoms with Crippen molar-refractivity contribution in [3.63, 3.8) is 0 Å². The number of ether oxygens (including phenoxy) is 1. The van der Waals surface area contributed by atoms with E-state index in [2.05, 4.69) is 10.6 Å². The largest absolute Gasteiger partial charge is 0.444 e. The molecule has 2 N–H and O–H groups in total. The normalized spacial score (nSPS) is 17.7. The Morgan fingerprint density at radius 2 is 1.90 bits per heavy atom. The van der Waals surface area contributed by atoms with Crippen molar-refractivity contribution in [2.24, 2.45) is 5.92 Å². The van der Waals surface area contributed by atoms with Crippen molar-refractivity contribution in [3.8, 4) is 0 Å². The van der Waals surface area contributed by atoms with Gasteiger partial charge < -0.3 is 15.4 Å². The third-order valence-corrected chi connectivity index (χ3v) is 3.14. The number of rotatable bonds is 7. The molecule has 0 radical (unpaired) electrons. The van der Waals surface area contributed by atoms with Crippen molar-refractivity contribution in [2.45, 2.75) is 64.5 Å².